The molecule has 0 aliphatic heterocycles. The van der Waals surface area contributed by atoms with Gasteiger partial charge in [-0.05, 0) is 26.0 Å². The van der Waals surface area contributed by atoms with E-state index in [2.05, 4.69) is 10.4 Å². The van der Waals surface area contributed by atoms with Gasteiger partial charge in [-0.2, -0.15) is 5.10 Å². The summed E-state index contributed by atoms with van der Waals surface area (Å²) in [5.74, 6) is -3.89. The van der Waals surface area contributed by atoms with Gasteiger partial charge in [0.1, 0.15) is 0 Å². The number of aromatic nitrogens is 2. The third-order valence-corrected chi connectivity index (χ3v) is 2.93. The quantitative estimate of drug-likeness (QED) is 0.866. The number of nitrogens with one attached hydrogen (secondary N) is 1. The van der Waals surface area contributed by atoms with Crippen molar-refractivity contribution in [3.63, 3.8) is 0 Å². The maximum Gasteiger partial charge on any atom is 0.196 e. The van der Waals surface area contributed by atoms with Gasteiger partial charge in [-0.1, -0.05) is 0 Å². The van der Waals surface area contributed by atoms with Crippen LogP contribution in [0, 0.1) is 24.4 Å². The fraction of sp³-hybridized carbons (Fsp3) is 0.308. The van der Waals surface area contributed by atoms with Crippen molar-refractivity contribution in [3.8, 4) is 0 Å². The van der Waals surface area contributed by atoms with Crippen LogP contribution in [0.15, 0.2) is 18.3 Å². The van der Waals surface area contributed by atoms with E-state index in [0.29, 0.717) is 0 Å². The first-order valence-electron chi connectivity index (χ1n) is 5.80. The van der Waals surface area contributed by atoms with Crippen molar-refractivity contribution >= 4 is 5.69 Å². The summed E-state index contributed by atoms with van der Waals surface area (Å²) in [5, 5.41) is 6.99. The summed E-state index contributed by atoms with van der Waals surface area (Å²) in [6.07, 6.45) is 1.80. The molecule has 0 amide bonds. The highest BCUT2D eigenvalue weighted by Crippen LogP contribution is 2.25. The van der Waals surface area contributed by atoms with Gasteiger partial charge in [0.15, 0.2) is 17.5 Å². The Morgan fingerprint density at radius 1 is 1.21 bits per heavy atom. The van der Waals surface area contributed by atoms with E-state index >= 15 is 0 Å². The lowest BCUT2D eigenvalue weighted by Gasteiger charge is -2.15. The van der Waals surface area contributed by atoms with Gasteiger partial charge in [-0.3, -0.25) is 4.68 Å². The SMILES string of the molecule is Cc1nn(C)cc1C(C)Nc1ccc(F)c(F)c1F. The number of hydrogen-bond donors (Lipinski definition) is 1. The molecule has 0 radical (unpaired) electrons. The van der Waals surface area contributed by atoms with E-state index < -0.39 is 17.5 Å². The van der Waals surface area contributed by atoms with E-state index in [1.54, 1.807) is 24.9 Å². The van der Waals surface area contributed by atoms with Crippen molar-refractivity contribution in [1.82, 2.24) is 9.78 Å². The predicted octanol–water partition coefficient (Wildman–Crippen LogP) is 3.32. The molecule has 19 heavy (non-hydrogen) atoms. The molecule has 2 aromatic rings. The number of rotatable bonds is 3. The summed E-state index contributed by atoms with van der Waals surface area (Å²) in [7, 11) is 1.78. The van der Waals surface area contributed by atoms with Crippen molar-refractivity contribution in [2.75, 3.05) is 5.32 Å². The Morgan fingerprint density at radius 2 is 1.89 bits per heavy atom. The molecule has 0 fully saturated rings. The van der Waals surface area contributed by atoms with Gasteiger partial charge in [0, 0.05) is 18.8 Å². The highest BCUT2D eigenvalue weighted by Gasteiger charge is 2.17. The Morgan fingerprint density at radius 3 is 2.47 bits per heavy atom. The van der Waals surface area contributed by atoms with Crippen LogP contribution in [0.3, 0.4) is 0 Å². The number of halogens is 3. The second-order valence-electron chi connectivity index (χ2n) is 4.43. The lowest BCUT2D eigenvalue weighted by molar-refractivity contribution is 0.448. The minimum absolute atomic E-state index is 0.0744. The number of aryl methyl sites for hydroxylation is 2. The third-order valence-electron chi connectivity index (χ3n) is 2.93. The van der Waals surface area contributed by atoms with E-state index in [9.17, 15) is 13.2 Å². The van der Waals surface area contributed by atoms with Crippen molar-refractivity contribution < 1.29 is 13.2 Å². The average molecular weight is 269 g/mol. The van der Waals surface area contributed by atoms with Crippen LogP contribution >= 0.6 is 0 Å². The average Bonchev–Trinajstić information content (AvgIpc) is 2.69. The molecule has 3 nitrogen and oxygen atoms in total. The Bertz CT molecular complexity index is 607. The number of anilines is 1. The minimum Gasteiger partial charge on any atom is -0.376 e. The van der Waals surface area contributed by atoms with Crippen LogP contribution in [0.2, 0.25) is 0 Å². The first-order valence-corrected chi connectivity index (χ1v) is 5.80. The fourth-order valence-electron chi connectivity index (χ4n) is 1.99. The third kappa shape index (κ3) is 2.57. The Hall–Kier alpha value is -1.98. The van der Waals surface area contributed by atoms with Crippen LogP contribution < -0.4 is 5.32 Å². The largest absolute Gasteiger partial charge is 0.376 e. The zero-order valence-electron chi connectivity index (χ0n) is 10.8. The second-order valence-corrected chi connectivity index (χ2v) is 4.43. The zero-order valence-corrected chi connectivity index (χ0v) is 10.8. The number of hydrogen-bond acceptors (Lipinski definition) is 2. The van der Waals surface area contributed by atoms with E-state index in [1.807, 2.05) is 6.92 Å². The molecule has 0 spiro atoms. The molecule has 0 aliphatic carbocycles. The van der Waals surface area contributed by atoms with Crippen molar-refractivity contribution in [3.05, 3.63) is 47.0 Å². The van der Waals surface area contributed by atoms with Crippen molar-refractivity contribution in [2.45, 2.75) is 19.9 Å². The molecule has 0 saturated heterocycles. The summed E-state index contributed by atoms with van der Waals surface area (Å²) < 4.78 is 41.1. The number of nitrogens with zero attached hydrogens (tertiary/aromatic N) is 2. The Labute approximate surface area is 109 Å². The van der Waals surface area contributed by atoms with E-state index in [4.69, 9.17) is 0 Å². The molecule has 0 saturated carbocycles. The van der Waals surface area contributed by atoms with Crippen LogP contribution in [-0.4, -0.2) is 9.78 Å². The summed E-state index contributed by atoms with van der Waals surface area (Å²) in [5.41, 5.74) is 1.59. The summed E-state index contributed by atoms with van der Waals surface area (Å²) in [6.45, 7) is 3.62. The lowest BCUT2D eigenvalue weighted by atomic mass is 10.1. The zero-order chi connectivity index (χ0) is 14.2. The van der Waals surface area contributed by atoms with Crippen molar-refractivity contribution in [2.24, 2.45) is 7.05 Å². The van der Waals surface area contributed by atoms with Crippen LogP contribution in [-0.2, 0) is 7.05 Å². The van der Waals surface area contributed by atoms with Gasteiger partial charge in [0.25, 0.3) is 0 Å². The monoisotopic (exact) mass is 269 g/mol. The van der Waals surface area contributed by atoms with Gasteiger partial charge in [-0.15, -0.1) is 0 Å². The molecule has 102 valence electrons. The normalized spacial score (nSPS) is 12.5. The van der Waals surface area contributed by atoms with E-state index in [1.165, 1.54) is 6.07 Å². The van der Waals surface area contributed by atoms with Gasteiger partial charge in [-0.25, -0.2) is 13.2 Å². The molecule has 2 rings (SSSR count). The van der Waals surface area contributed by atoms with Crippen LogP contribution in [0.4, 0.5) is 18.9 Å². The molecule has 1 unspecified atom stereocenters. The first-order chi connectivity index (χ1) is 8.90. The van der Waals surface area contributed by atoms with Crippen LogP contribution in [0.1, 0.15) is 24.2 Å². The minimum atomic E-state index is -1.47. The molecule has 6 heteroatoms. The van der Waals surface area contributed by atoms with Gasteiger partial charge in [0.2, 0.25) is 0 Å². The topological polar surface area (TPSA) is 29.9 Å². The Balaban J connectivity index is 2.27. The standard InChI is InChI=1S/C13H14F3N3/c1-7(9-6-19(3)18-8(9)2)17-11-5-4-10(14)12(15)13(11)16/h4-7,17H,1-3H3. The maximum absolute atomic E-state index is 13.5. The van der Waals surface area contributed by atoms with E-state index in [0.717, 1.165) is 17.3 Å². The van der Waals surface area contributed by atoms with Crippen molar-refractivity contribution in [1.29, 1.82) is 0 Å². The number of benzene rings is 1. The highest BCUT2D eigenvalue weighted by molar-refractivity contribution is 5.47. The van der Waals surface area contributed by atoms with Crippen LogP contribution in [0.5, 0.6) is 0 Å². The molecule has 0 aliphatic rings. The molecule has 0 bridgehead atoms. The molecule has 1 aromatic heterocycles. The molecule has 1 N–H and O–H groups in total. The van der Waals surface area contributed by atoms with E-state index in [-0.39, 0.29) is 11.7 Å². The molecule has 1 heterocycles. The summed E-state index contributed by atoms with van der Waals surface area (Å²) in [6, 6.07) is 1.80. The maximum atomic E-state index is 13.5. The predicted molar refractivity (Wildman–Crippen MR) is 66.3 cm³/mol. The summed E-state index contributed by atoms with van der Waals surface area (Å²) in [4.78, 5) is 0. The molecular formula is C13H14F3N3. The second kappa shape index (κ2) is 4.95. The van der Waals surface area contributed by atoms with Gasteiger partial charge < -0.3 is 5.32 Å². The Kier molecular flexibility index (Phi) is 3.50. The van der Waals surface area contributed by atoms with Gasteiger partial charge >= 0.3 is 0 Å². The molecule has 1 atom stereocenters. The van der Waals surface area contributed by atoms with Crippen LogP contribution in [0.25, 0.3) is 0 Å². The smallest absolute Gasteiger partial charge is 0.196 e. The lowest BCUT2D eigenvalue weighted by Crippen LogP contribution is -2.09. The summed E-state index contributed by atoms with van der Waals surface area (Å²) >= 11 is 0. The highest BCUT2D eigenvalue weighted by atomic mass is 19.2. The molecular weight excluding hydrogens is 255 g/mol. The fourth-order valence-corrected chi connectivity index (χ4v) is 1.99. The molecule has 1 aromatic carbocycles. The van der Waals surface area contributed by atoms with Gasteiger partial charge in [0.05, 0.1) is 17.4 Å². The first kappa shape index (κ1) is 13.5.